The molecule has 0 aliphatic rings. The Morgan fingerprint density at radius 2 is 1.88 bits per heavy atom. The maximum atomic E-state index is 12.4. The molecule has 0 saturated carbocycles. The second-order valence-electron chi connectivity index (χ2n) is 5.33. The van der Waals surface area contributed by atoms with E-state index in [-0.39, 0.29) is 18.0 Å². The van der Waals surface area contributed by atoms with Crippen molar-refractivity contribution in [1.29, 1.82) is 0 Å². The van der Waals surface area contributed by atoms with Crippen molar-refractivity contribution in [2.45, 2.75) is 6.54 Å². The Hall–Kier alpha value is -3.13. The minimum Gasteiger partial charge on any atom is -0.502 e. The largest absolute Gasteiger partial charge is 0.502 e. The van der Waals surface area contributed by atoms with Crippen molar-refractivity contribution >= 4 is 33.4 Å². The molecule has 0 bridgehead atoms. The predicted molar refractivity (Wildman–Crippen MR) is 93.6 cm³/mol. The standard InChI is InChI=1S/C17H14N2O5S/c1-18-15(21)10-4-2-9(3-5-10)8-19-11-6-7-25-14(11)12(17(23)24)13(20)16(19)22/h2-7,20H,8H2,1H3,(H,18,21)(H,23,24). The summed E-state index contributed by atoms with van der Waals surface area (Å²) in [6, 6.07) is 8.33. The molecular formula is C17H14N2O5S. The lowest BCUT2D eigenvalue weighted by Crippen LogP contribution is -2.23. The smallest absolute Gasteiger partial charge is 0.341 e. The summed E-state index contributed by atoms with van der Waals surface area (Å²) in [5, 5.41) is 23.5. The number of pyridine rings is 1. The maximum absolute atomic E-state index is 12.4. The molecule has 0 saturated heterocycles. The predicted octanol–water partition coefficient (Wildman–Crippen LogP) is 1.87. The summed E-state index contributed by atoms with van der Waals surface area (Å²) in [4.78, 5) is 35.3. The molecule has 7 nitrogen and oxygen atoms in total. The average Bonchev–Trinajstić information content (AvgIpc) is 3.07. The molecule has 3 rings (SSSR count). The topological polar surface area (TPSA) is 109 Å². The number of carbonyl (C=O) groups is 2. The molecule has 3 aromatic rings. The van der Waals surface area contributed by atoms with Crippen molar-refractivity contribution in [2.24, 2.45) is 0 Å². The van der Waals surface area contributed by atoms with Gasteiger partial charge in [-0.1, -0.05) is 12.1 Å². The number of hydrogen-bond acceptors (Lipinski definition) is 5. The number of hydrogen-bond donors (Lipinski definition) is 3. The van der Waals surface area contributed by atoms with Crippen LogP contribution in [0.1, 0.15) is 26.3 Å². The third kappa shape index (κ3) is 2.87. The summed E-state index contributed by atoms with van der Waals surface area (Å²) in [5.41, 5.74) is 0.536. The molecule has 128 valence electrons. The fourth-order valence-corrected chi connectivity index (χ4v) is 3.53. The molecule has 0 fully saturated rings. The third-order valence-corrected chi connectivity index (χ3v) is 4.77. The SMILES string of the molecule is CNC(=O)c1ccc(Cn2c(=O)c(O)c(C(=O)O)c3sccc32)cc1. The number of nitrogens with one attached hydrogen (secondary N) is 1. The van der Waals surface area contributed by atoms with Crippen LogP contribution in [-0.4, -0.2) is 33.7 Å². The highest BCUT2D eigenvalue weighted by Gasteiger charge is 2.22. The number of amides is 1. The molecular weight excluding hydrogens is 344 g/mol. The van der Waals surface area contributed by atoms with Crippen molar-refractivity contribution in [2.75, 3.05) is 7.05 Å². The molecule has 25 heavy (non-hydrogen) atoms. The first kappa shape index (κ1) is 16.7. The number of fused-ring (bicyclic) bond motifs is 1. The summed E-state index contributed by atoms with van der Waals surface area (Å²) in [7, 11) is 1.54. The van der Waals surface area contributed by atoms with Crippen LogP contribution in [0.3, 0.4) is 0 Å². The van der Waals surface area contributed by atoms with Crippen LogP contribution in [0.25, 0.3) is 10.2 Å². The third-order valence-electron chi connectivity index (χ3n) is 3.84. The highest BCUT2D eigenvalue weighted by atomic mass is 32.1. The number of carboxylic acids is 1. The first-order valence-corrected chi connectivity index (χ1v) is 8.19. The zero-order chi connectivity index (χ0) is 18.1. The van der Waals surface area contributed by atoms with Gasteiger partial charge < -0.3 is 15.5 Å². The molecule has 2 aromatic heterocycles. The van der Waals surface area contributed by atoms with E-state index in [1.54, 1.807) is 35.7 Å². The molecule has 1 aromatic carbocycles. The summed E-state index contributed by atoms with van der Waals surface area (Å²) < 4.78 is 1.66. The van der Waals surface area contributed by atoms with Crippen LogP contribution < -0.4 is 10.9 Å². The van der Waals surface area contributed by atoms with E-state index in [9.17, 15) is 24.6 Å². The van der Waals surface area contributed by atoms with Crippen LogP contribution in [-0.2, 0) is 6.54 Å². The number of nitrogens with zero attached hydrogens (tertiary/aromatic N) is 1. The van der Waals surface area contributed by atoms with Crippen LogP contribution in [0, 0.1) is 0 Å². The van der Waals surface area contributed by atoms with Gasteiger partial charge in [-0.3, -0.25) is 14.2 Å². The zero-order valence-corrected chi connectivity index (χ0v) is 14.0. The van der Waals surface area contributed by atoms with E-state index >= 15 is 0 Å². The number of benzene rings is 1. The Kier molecular flexibility index (Phi) is 4.28. The fourth-order valence-electron chi connectivity index (χ4n) is 2.60. The monoisotopic (exact) mass is 358 g/mol. The maximum Gasteiger partial charge on any atom is 0.341 e. The summed E-state index contributed by atoms with van der Waals surface area (Å²) >= 11 is 1.15. The van der Waals surface area contributed by atoms with Gasteiger partial charge in [-0.15, -0.1) is 11.3 Å². The Labute approximate surface area is 145 Å². The summed E-state index contributed by atoms with van der Waals surface area (Å²) in [6.45, 7) is 0.146. The van der Waals surface area contributed by atoms with E-state index in [1.807, 2.05) is 0 Å². The molecule has 1 amide bonds. The first-order valence-electron chi connectivity index (χ1n) is 7.31. The van der Waals surface area contributed by atoms with Crippen molar-refractivity contribution in [3.8, 4) is 5.75 Å². The van der Waals surface area contributed by atoms with Crippen molar-refractivity contribution < 1.29 is 19.8 Å². The Balaban J connectivity index is 2.08. The lowest BCUT2D eigenvalue weighted by molar-refractivity contribution is 0.0695. The van der Waals surface area contributed by atoms with E-state index in [0.29, 0.717) is 15.8 Å². The van der Waals surface area contributed by atoms with Gasteiger partial charge in [-0.05, 0) is 29.1 Å². The Morgan fingerprint density at radius 3 is 2.48 bits per heavy atom. The lowest BCUT2D eigenvalue weighted by atomic mass is 10.1. The average molecular weight is 358 g/mol. The second-order valence-corrected chi connectivity index (χ2v) is 6.25. The van der Waals surface area contributed by atoms with E-state index in [4.69, 9.17) is 0 Å². The van der Waals surface area contributed by atoms with Gasteiger partial charge in [0.2, 0.25) is 0 Å². The number of aromatic carboxylic acids is 1. The number of carbonyl (C=O) groups excluding carboxylic acids is 1. The van der Waals surface area contributed by atoms with Gasteiger partial charge in [0, 0.05) is 12.6 Å². The fraction of sp³-hybridized carbons (Fsp3) is 0.118. The number of carboxylic acid groups (broad SMARTS) is 1. The number of aromatic hydroxyl groups is 1. The quantitative estimate of drug-likeness (QED) is 0.660. The van der Waals surface area contributed by atoms with Crippen molar-refractivity contribution in [3.05, 3.63) is 62.8 Å². The van der Waals surface area contributed by atoms with Gasteiger partial charge in [0.25, 0.3) is 11.5 Å². The van der Waals surface area contributed by atoms with Gasteiger partial charge in [-0.2, -0.15) is 0 Å². The second kappa shape index (κ2) is 6.40. The highest BCUT2D eigenvalue weighted by molar-refractivity contribution is 7.17. The first-order chi connectivity index (χ1) is 11.9. The summed E-state index contributed by atoms with van der Waals surface area (Å²) in [6.07, 6.45) is 0. The van der Waals surface area contributed by atoms with Crippen LogP contribution >= 0.6 is 11.3 Å². The highest BCUT2D eigenvalue weighted by Crippen LogP contribution is 2.29. The zero-order valence-electron chi connectivity index (χ0n) is 13.1. The number of aromatic nitrogens is 1. The molecule has 0 atom stereocenters. The minimum absolute atomic E-state index is 0.146. The van der Waals surface area contributed by atoms with Gasteiger partial charge in [0.15, 0.2) is 5.75 Å². The molecule has 0 aliphatic carbocycles. The van der Waals surface area contributed by atoms with Gasteiger partial charge >= 0.3 is 5.97 Å². The van der Waals surface area contributed by atoms with Crippen LogP contribution in [0.2, 0.25) is 0 Å². The van der Waals surface area contributed by atoms with Crippen LogP contribution in [0.4, 0.5) is 0 Å². The molecule has 2 heterocycles. The molecule has 0 radical (unpaired) electrons. The molecule has 0 spiro atoms. The van der Waals surface area contributed by atoms with Crippen LogP contribution in [0.15, 0.2) is 40.5 Å². The Bertz CT molecular complexity index is 1030. The van der Waals surface area contributed by atoms with Gasteiger partial charge in [0.05, 0.1) is 16.8 Å². The van der Waals surface area contributed by atoms with Gasteiger partial charge in [0.1, 0.15) is 5.56 Å². The number of thiophene rings is 1. The van der Waals surface area contributed by atoms with Crippen molar-refractivity contribution in [1.82, 2.24) is 9.88 Å². The molecule has 0 unspecified atom stereocenters. The number of rotatable bonds is 4. The van der Waals surface area contributed by atoms with E-state index in [1.165, 1.54) is 11.6 Å². The molecule has 3 N–H and O–H groups in total. The lowest BCUT2D eigenvalue weighted by Gasteiger charge is -2.11. The van der Waals surface area contributed by atoms with Crippen LogP contribution in [0.5, 0.6) is 5.75 Å². The molecule has 8 heteroatoms. The Morgan fingerprint density at radius 1 is 1.20 bits per heavy atom. The van der Waals surface area contributed by atoms with E-state index in [2.05, 4.69) is 5.32 Å². The summed E-state index contributed by atoms with van der Waals surface area (Å²) in [5.74, 6) is -2.33. The van der Waals surface area contributed by atoms with E-state index < -0.39 is 17.3 Å². The van der Waals surface area contributed by atoms with Gasteiger partial charge in [-0.25, -0.2) is 4.79 Å². The normalized spacial score (nSPS) is 10.8. The molecule has 0 aliphatic heterocycles. The van der Waals surface area contributed by atoms with E-state index in [0.717, 1.165) is 16.9 Å². The van der Waals surface area contributed by atoms with Crippen molar-refractivity contribution in [3.63, 3.8) is 0 Å². The minimum atomic E-state index is -1.34.